The molecule has 0 saturated carbocycles. The van der Waals surface area contributed by atoms with Gasteiger partial charge in [-0.2, -0.15) is 0 Å². The van der Waals surface area contributed by atoms with Crippen molar-refractivity contribution in [1.29, 1.82) is 0 Å². The first-order chi connectivity index (χ1) is 7.41. The summed E-state index contributed by atoms with van der Waals surface area (Å²) in [5.74, 6) is 8.52. The van der Waals surface area contributed by atoms with Gasteiger partial charge in [-0.25, -0.2) is 0 Å². The second-order valence-corrected chi connectivity index (χ2v) is 4.14. The van der Waals surface area contributed by atoms with Crippen molar-refractivity contribution in [2.24, 2.45) is 0 Å². The topological polar surface area (TPSA) is 0 Å². The fourth-order valence-electron chi connectivity index (χ4n) is 1.48. The minimum Gasteiger partial charge on any atom is -0.0891 e. The molecule has 84 valence electrons. The van der Waals surface area contributed by atoms with Crippen molar-refractivity contribution in [2.75, 3.05) is 0 Å². The van der Waals surface area contributed by atoms with Gasteiger partial charge in [0, 0.05) is 22.4 Å². The Bertz CT molecular complexity index is 234. The number of hydrogen-bond acceptors (Lipinski definition) is 0. The van der Waals surface area contributed by atoms with Crippen LogP contribution in [0.25, 0.3) is 0 Å². The number of hydrogen-bond donors (Lipinski definition) is 0. The highest BCUT2D eigenvalue weighted by Gasteiger charge is 1.89. The molecule has 0 spiro atoms. The summed E-state index contributed by atoms with van der Waals surface area (Å²) >= 11 is 3.01. The van der Waals surface area contributed by atoms with E-state index in [0.717, 1.165) is 6.42 Å². The second-order valence-electron chi connectivity index (χ2n) is 3.75. The van der Waals surface area contributed by atoms with Crippen LogP contribution in [0.3, 0.4) is 0 Å². The van der Waals surface area contributed by atoms with Crippen LogP contribution < -0.4 is 0 Å². The lowest BCUT2D eigenvalue weighted by Gasteiger charge is -1.98. The minimum absolute atomic E-state index is 0.997. The van der Waals surface area contributed by atoms with Crippen LogP contribution in [-0.2, 0) is 0 Å². The third kappa shape index (κ3) is 13.6. The van der Waals surface area contributed by atoms with Crippen molar-refractivity contribution in [2.45, 2.75) is 64.7 Å². The van der Waals surface area contributed by atoms with E-state index < -0.39 is 0 Å². The van der Waals surface area contributed by atoms with Crippen molar-refractivity contribution in [3.8, 4) is 22.6 Å². The second kappa shape index (κ2) is 13.6. The van der Waals surface area contributed by atoms with Crippen LogP contribution in [0.2, 0.25) is 0 Å². The van der Waals surface area contributed by atoms with Crippen molar-refractivity contribution >= 4 is 15.9 Å². The molecular formula is C14H21Br. The zero-order valence-corrected chi connectivity index (χ0v) is 11.3. The molecule has 0 saturated heterocycles. The molecule has 0 bridgehead atoms. The molecule has 0 unspecified atom stereocenters. The Kier molecular flexibility index (Phi) is 13.2. The maximum atomic E-state index is 3.04. The van der Waals surface area contributed by atoms with E-state index >= 15 is 0 Å². The average Bonchev–Trinajstić information content (AvgIpc) is 2.26. The van der Waals surface area contributed by atoms with Crippen LogP contribution in [0.4, 0.5) is 0 Å². The summed E-state index contributed by atoms with van der Waals surface area (Å²) in [4.78, 5) is 2.59. The Morgan fingerprint density at radius 1 is 0.800 bits per heavy atom. The Morgan fingerprint density at radius 2 is 1.40 bits per heavy atom. The summed E-state index contributed by atoms with van der Waals surface area (Å²) < 4.78 is 0. The van der Waals surface area contributed by atoms with Gasteiger partial charge in [0.1, 0.15) is 0 Å². The first-order valence-electron chi connectivity index (χ1n) is 6.00. The van der Waals surface area contributed by atoms with Crippen molar-refractivity contribution in [3.05, 3.63) is 0 Å². The third-order valence-corrected chi connectivity index (χ3v) is 2.55. The Hall–Kier alpha value is -0.400. The van der Waals surface area contributed by atoms with Crippen LogP contribution in [-0.4, -0.2) is 0 Å². The Balaban J connectivity index is 3.05. The summed E-state index contributed by atoms with van der Waals surface area (Å²) in [5, 5.41) is 0. The highest BCUT2D eigenvalue weighted by molar-refractivity contribution is 9.12. The Morgan fingerprint density at radius 3 is 2.00 bits per heavy atom. The molecule has 0 radical (unpaired) electrons. The molecule has 0 aliphatic heterocycles. The monoisotopic (exact) mass is 268 g/mol. The highest BCUT2D eigenvalue weighted by atomic mass is 79.9. The summed E-state index contributed by atoms with van der Waals surface area (Å²) in [6, 6.07) is 0. The Labute approximate surface area is 103 Å². The third-order valence-electron chi connectivity index (χ3n) is 2.35. The number of halogens is 1. The van der Waals surface area contributed by atoms with E-state index in [9.17, 15) is 0 Å². The molecule has 0 heterocycles. The van der Waals surface area contributed by atoms with E-state index in [2.05, 4.69) is 45.4 Å². The summed E-state index contributed by atoms with van der Waals surface area (Å²) in [6.45, 7) is 2.26. The fraction of sp³-hybridized carbons (Fsp3) is 0.714. The van der Waals surface area contributed by atoms with Crippen LogP contribution in [0.15, 0.2) is 0 Å². The van der Waals surface area contributed by atoms with Gasteiger partial charge in [0.05, 0.1) is 0 Å². The summed E-state index contributed by atoms with van der Waals surface area (Å²) in [5.41, 5.74) is 0. The lowest BCUT2D eigenvalue weighted by Crippen LogP contribution is -1.79. The van der Waals surface area contributed by atoms with Gasteiger partial charge in [-0.05, 0) is 23.1 Å². The van der Waals surface area contributed by atoms with Gasteiger partial charge in [0.2, 0.25) is 0 Å². The smallest absolute Gasteiger partial charge is 0.0117 e. The van der Waals surface area contributed by atoms with Gasteiger partial charge >= 0.3 is 0 Å². The number of rotatable bonds is 8. The SMILES string of the molecule is CCCCCCCCCCC#CC#CBr. The molecule has 15 heavy (non-hydrogen) atoms. The molecule has 0 fully saturated rings. The maximum absolute atomic E-state index is 3.04. The van der Waals surface area contributed by atoms with Crippen LogP contribution in [0.1, 0.15) is 64.7 Å². The quantitative estimate of drug-likeness (QED) is 0.435. The molecular weight excluding hydrogens is 248 g/mol. The first kappa shape index (κ1) is 14.6. The largest absolute Gasteiger partial charge is 0.0891 e. The molecule has 0 aliphatic carbocycles. The zero-order valence-electron chi connectivity index (χ0n) is 9.74. The standard InChI is InChI=1S/C14H21Br/c1-2-3-4-5-6-7-8-9-10-11-12-13-14-15/h2-10H2,1H3. The van der Waals surface area contributed by atoms with Gasteiger partial charge in [0.25, 0.3) is 0 Å². The highest BCUT2D eigenvalue weighted by Crippen LogP contribution is 2.08. The van der Waals surface area contributed by atoms with Gasteiger partial charge in [-0.15, -0.1) is 0 Å². The van der Waals surface area contributed by atoms with Gasteiger partial charge in [-0.1, -0.05) is 57.8 Å². The van der Waals surface area contributed by atoms with Crippen LogP contribution in [0, 0.1) is 22.6 Å². The molecule has 0 atom stereocenters. The average molecular weight is 269 g/mol. The molecule has 1 heteroatoms. The van der Waals surface area contributed by atoms with E-state index in [0.29, 0.717) is 0 Å². The normalized spacial score (nSPS) is 8.67. The molecule has 0 aromatic carbocycles. The predicted molar refractivity (Wildman–Crippen MR) is 71.7 cm³/mol. The van der Waals surface area contributed by atoms with E-state index in [1.54, 1.807) is 0 Å². The molecule has 0 amide bonds. The van der Waals surface area contributed by atoms with E-state index in [1.807, 2.05) is 0 Å². The molecule has 0 rings (SSSR count). The molecule has 0 aromatic rings. The van der Waals surface area contributed by atoms with Crippen molar-refractivity contribution < 1.29 is 0 Å². The van der Waals surface area contributed by atoms with E-state index in [4.69, 9.17) is 0 Å². The summed E-state index contributed by atoms with van der Waals surface area (Å²) in [6.07, 6.45) is 11.9. The van der Waals surface area contributed by atoms with E-state index in [-0.39, 0.29) is 0 Å². The molecule has 0 aromatic heterocycles. The minimum atomic E-state index is 0.997. The molecule has 0 N–H and O–H groups in total. The molecule has 0 nitrogen and oxygen atoms in total. The lowest BCUT2D eigenvalue weighted by molar-refractivity contribution is 0.579. The van der Waals surface area contributed by atoms with Gasteiger partial charge in [-0.3, -0.25) is 0 Å². The van der Waals surface area contributed by atoms with Gasteiger partial charge in [0.15, 0.2) is 0 Å². The van der Waals surface area contributed by atoms with Crippen LogP contribution in [0.5, 0.6) is 0 Å². The fourth-order valence-corrected chi connectivity index (χ4v) is 1.58. The van der Waals surface area contributed by atoms with Crippen LogP contribution >= 0.6 is 15.9 Å². The first-order valence-corrected chi connectivity index (χ1v) is 6.79. The molecule has 0 aliphatic rings. The van der Waals surface area contributed by atoms with Gasteiger partial charge < -0.3 is 0 Å². The van der Waals surface area contributed by atoms with Crippen molar-refractivity contribution in [1.82, 2.24) is 0 Å². The van der Waals surface area contributed by atoms with Crippen molar-refractivity contribution in [3.63, 3.8) is 0 Å². The lowest BCUT2D eigenvalue weighted by atomic mass is 10.1. The predicted octanol–water partition coefficient (Wildman–Crippen LogP) is 4.88. The zero-order chi connectivity index (χ0) is 11.2. The van der Waals surface area contributed by atoms with E-state index in [1.165, 1.54) is 51.4 Å². The maximum Gasteiger partial charge on any atom is 0.0117 e. The summed E-state index contributed by atoms with van der Waals surface area (Å²) in [7, 11) is 0. The number of unbranched alkanes of at least 4 members (excludes halogenated alkanes) is 8.